The van der Waals surface area contributed by atoms with Crippen molar-refractivity contribution in [3.8, 4) is 5.75 Å². The number of allylic oxidation sites excluding steroid dienone is 4. The van der Waals surface area contributed by atoms with Crippen molar-refractivity contribution in [1.82, 2.24) is 0 Å². The first-order valence-electron chi connectivity index (χ1n) is 5.89. The van der Waals surface area contributed by atoms with Crippen molar-refractivity contribution in [3.63, 3.8) is 0 Å². The van der Waals surface area contributed by atoms with Gasteiger partial charge in [0.25, 0.3) is 0 Å². The predicted molar refractivity (Wildman–Crippen MR) is 69.6 cm³/mol. The molecule has 0 fully saturated rings. The highest BCUT2D eigenvalue weighted by atomic mass is 16.5. The second-order valence-corrected chi connectivity index (χ2v) is 3.58. The summed E-state index contributed by atoms with van der Waals surface area (Å²) in [5.74, 6) is 1.97. The van der Waals surface area contributed by atoms with Crippen molar-refractivity contribution in [2.45, 2.75) is 33.6 Å². The van der Waals surface area contributed by atoms with Crippen LogP contribution < -0.4 is 4.74 Å². The van der Waals surface area contributed by atoms with Crippen LogP contribution in [0.1, 0.15) is 32.8 Å². The molecule has 1 aromatic rings. The summed E-state index contributed by atoms with van der Waals surface area (Å²) in [5.41, 5.74) is 1.25. The van der Waals surface area contributed by atoms with Gasteiger partial charge in [0.15, 0.2) is 0 Å². The molecule has 0 heterocycles. The number of hydrogen-bond acceptors (Lipinski definition) is 1. The van der Waals surface area contributed by atoms with Crippen LogP contribution in [0.5, 0.6) is 5.75 Å². The Kier molecular flexibility index (Phi) is 5.41. The number of ether oxygens (including phenoxy) is 1. The maximum atomic E-state index is 5.90. The molecule has 16 heavy (non-hydrogen) atoms. The number of hydrogen-bond donors (Lipinski definition) is 0. The fourth-order valence-corrected chi connectivity index (χ4v) is 1.46. The molecule has 1 aromatic carbocycles. The van der Waals surface area contributed by atoms with Crippen LogP contribution in [0.15, 0.2) is 48.3 Å². The quantitative estimate of drug-likeness (QED) is 0.520. The van der Waals surface area contributed by atoms with Crippen LogP contribution in [0.4, 0.5) is 0 Å². The van der Waals surface area contributed by atoms with Gasteiger partial charge in [-0.3, -0.25) is 0 Å². The first-order valence-corrected chi connectivity index (χ1v) is 5.89. The Morgan fingerprint density at radius 1 is 1.25 bits per heavy atom. The van der Waals surface area contributed by atoms with E-state index in [0.29, 0.717) is 0 Å². The van der Waals surface area contributed by atoms with Gasteiger partial charge in [0, 0.05) is 6.42 Å². The van der Waals surface area contributed by atoms with Crippen molar-refractivity contribution >= 4 is 0 Å². The Morgan fingerprint density at radius 2 is 2.00 bits per heavy atom. The van der Waals surface area contributed by atoms with E-state index in [1.807, 2.05) is 43.4 Å². The molecule has 0 N–H and O–H groups in total. The number of aryl methyl sites for hydroxylation is 1. The Balaban J connectivity index is 2.85. The van der Waals surface area contributed by atoms with Gasteiger partial charge in [-0.2, -0.15) is 0 Å². The lowest BCUT2D eigenvalue weighted by Crippen LogP contribution is -1.96. The lowest BCUT2D eigenvalue weighted by atomic mass is 10.1. The highest BCUT2D eigenvalue weighted by molar-refractivity contribution is 5.34. The molecule has 1 nitrogen and oxygen atoms in total. The lowest BCUT2D eigenvalue weighted by molar-refractivity contribution is 0.405. The fourth-order valence-electron chi connectivity index (χ4n) is 1.46. The number of benzene rings is 1. The van der Waals surface area contributed by atoms with Crippen molar-refractivity contribution in [2.75, 3.05) is 0 Å². The fraction of sp³-hybridized carbons (Fsp3) is 0.333. The van der Waals surface area contributed by atoms with Crippen LogP contribution in [0.2, 0.25) is 0 Å². The largest absolute Gasteiger partial charge is 0.461 e. The monoisotopic (exact) mass is 216 g/mol. The predicted octanol–water partition coefficient (Wildman–Crippen LogP) is 4.50. The Bertz CT molecular complexity index is 375. The summed E-state index contributed by atoms with van der Waals surface area (Å²) < 4.78 is 5.90. The zero-order valence-corrected chi connectivity index (χ0v) is 10.4. The summed E-state index contributed by atoms with van der Waals surface area (Å²) in [7, 11) is 0. The van der Waals surface area contributed by atoms with Crippen LogP contribution >= 0.6 is 0 Å². The molecule has 0 saturated heterocycles. The summed E-state index contributed by atoms with van der Waals surface area (Å²) in [6, 6.07) is 8.20. The van der Waals surface area contributed by atoms with E-state index in [2.05, 4.69) is 19.9 Å². The molecule has 0 amide bonds. The molecule has 0 atom stereocenters. The Morgan fingerprint density at radius 3 is 2.62 bits per heavy atom. The van der Waals surface area contributed by atoms with Crippen molar-refractivity contribution in [1.29, 1.82) is 0 Å². The van der Waals surface area contributed by atoms with Crippen molar-refractivity contribution in [3.05, 3.63) is 53.8 Å². The minimum atomic E-state index is 0.905. The molecular weight excluding hydrogens is 196 g/mol. The van der Waals surface area contributed by atoms with Gasteiger partial charge in [-0.25, -0.2) is 0 Å². The second-order valence-electron chi connectivity index (χ2n) is 3.58. The van der Waals surface area contributed by atoms with E-state index in [1.54, 1.807) is 0 Å². The van der Waals surface area contributed by atoms with Crippen LogP contribution in [-0.4, -0.2) is 0 Å². The zero-order valence-electron chi connectivity index (χ0n) is 10.4. The van der Waals surface area contributed by atoms with Gasteiger partial charge in [-0.1, -0.05) is 44.2 Å². The SMILES string of the molecule is C/C=C\C=C(/CC)Oc1ccccc1CC. The van der Waals surface area contributed by atoms with E-state index in [1.165, 1.54) is 5.56 Å². The molecule has 0 aromatic heterocycles. The minimum Gasteiger partial charge on any atom is -0.461 e. The van der Waals surface area contributed by atoms with E-state index in [0.717, 1.165) is 24.4 Å². The van der Waals surface area contributed by atoms with Crippen molar-refractivity contribution < 1.29 is 4.74 Å². The summed E-state index contributed by atoms with van der Waals surface area (Å²) in [6.07, 6.45) is 7.93. The summed E-state index contributed by atoms with van der Waals surface area (Å²) in [4.78, 5) is 0. The molecule has 1 heteroatoms. The summed E-state index contributed by atoms with van der Waals surface area (Å²) >= 11 is 0. The van der Waals surface area contributed by atoms with Crippen LogP contribution in [0.25, 0.3) is 0 Å². The third-order valence-corrected chi connectivity index (χ3v) is 2.42. The standard InChI is InChI=1S/C15H20O/c1-4-7-11-14(6-3)16-15-12-9-8-10-13(15)5-2/h4,7-12H,5-6H2,1-3H3/b7-4-,14-11+. The van der Waals surface area contributed by atoms with Crippen molar-refractivity contribution in [2.24, 2.45) is 0 Å². The normalized spacial score (nSPS) is 12.1. The number of rotatable bonds is 5. The Labute approximate surface area is 98.5 Å². The third-order valence-electron chi connectivity index (χ3n) is 2.42. The average molecular weight is 216 g/mol. The first-order chi connectivity index (χ1) is 7.81. The molecule has 0 aliphatic heterocycles. The van der Waals surface area contributed by atoms with E-state index >= 15 is 0 Å². The third kappa shape index (κ3) is 3.58. The van der Waals surface area contributed by atoms with Gasteiger partial charge >= 0.3 is 0 Å². The molecule has 0 spiro atoms. The smallest absolute Gasteiger partial charge is 0.130 e. The topological polar surface area (TPSA) is 9.23 Å². The summed E-state index contributed by atoms with van der Waals surface area (Å²) in [5, 5.41) is 0. The molecular formula is C15H20O. The maximum absolute atomic E-state index is 5.90. The van der Waals surface area contributed by atoms with Crippen LogP contribution in [0, 0.1) is 0 Å². The second kappa shape index (κ2) is 6.89. The van der Waals surface area contributed by atoms with Gasteiger partial charge in [0.05, 0.1) is 0 Å². The molecule has 1 rings (SSSR count). The van der Waals surface area contributed by atoms with Crippen LogP contribution in [0.3, 0.4) is 0 Å². The maximum Gasteiger partial charge on any atom is 0.130 e. The Hall–Kier alpha value is -1.50. The molecule has 0 saturated carbocycles. The molecule has 0 unspecified atom stereocenters. The van der Waals surface area contributed by atoms with Gasteiger partial charge < -0.3 is 4.74 Å². The van der Waals surface area contributed by atoms with E-state index in [9.17, 15) is 0 Å². The van der Waals surface area contributed by atoms with E-state index in [-0.39, 0.29) is 0 Å². The van der Waals surface area contributed by atoms with Crippen LogP contribution in [-0.2, 0) is 6.42 Å². The zero-order chi connectivity index (χ0) is 11.8. The molecule has 0 bridgehead atoms. The molecule has 0 radical (unpaired) electrons. The number of para-hydroxylation sites is 1. The average Bonchev–Trinajstić information content (AvgIpc) is 2.34. The molecule has 0 aliphatic carbocycles. The van der Waals surface area contributed by atoms with Gasteiger partial charge in [0.1, 0.15) is 11.5 Å². The summed E-state index contributed by atoms with van der Waals surface area (Å²) in [6.45, 7) is 6.25. The highest BCUT2D eigenvalue weighted by Crippen LogP contribution is 2.21. The molecule has 0 aliphatic rings. The van der Waals surface area contributed by atoms with Gasteiger partial charge in [0.2, 0.25) is 0 Å². The minimum absolute atomic E-state index is 0.905. The highest BCUT2D eigenvalue weighted by Gasteiger charge is 2.02. The van der Waals surface area contributed by atoms with E-state index < -0.39 is 0 Å². The van der Waals surface area contributed by atoms with Gasteiger partial charge in [-0.15, -0.1) is 0 Å². The first kappa shape index (κ1) is 12.6. The lowest BCUT2D eigenvalue weighted by Gasteiger charge is -2.11. The van der Waals surface area contributed by atoms with Gasteiger partial charge in [-0.05, 0) is 31.1 Å². The molecule has 86 valence electrons. The van der Waals surface area contributed by atoms with E-state index in [4.69, 9.17) is 4.74 Å².